The molecule has 4 rings (SSSR count). The number of morpholine rings is 1. The number of nitrogens with one attached hydrogen (secondary N) is 2. The summed E-state index contributed by atoms with van der Waals surface area (Å²) in [6.07, 6.45) is 0. The number of aromatic amines is 1. The van der Waals surface area contributed by atoms with E-state index in [-0.39, 0.29) is 17.5 Å². The number of carbonyl (C=O) groups is 2. The molecule has 0 spiro atoms. The standard InChI is InChI=1S/C21H22N4O4/c1-24-18-7-6-16(12-17(18)23-21(24)28)19(26)22-13-14-2-4-15(5-3-14)20(27)25-8-10-29-11-9-25/h2-7,12H,8-11,13H2,1H3,(H,22,26)(H,23,28). The van der Waals surface area contributed by atoms with Crippen LogP contribution in [0.1, 0.15) is 26.3 Å². The first-order valence-electron chi connectivity index (χ1n) is 9.46. The average molecular weight is 394 g/mol. The Morgan fingerprint density at radius 2 is 1.76 bits per heavy atom. The van der Waals surface area contributed by atoms with E-state index in [9.17, 15) is 14.4 Å². The van der Waals surface area contributed by atoms with E-state index in [4.69, 9.17) is 4.74 Å². The Balaban J connectivity index is 1.39. The summed E-state index contributed by atoms with van der Waals surface area (Å²) in [5.74, 6) is -0.237. The van der Waals surface area contributed by atoms with E-state index in [1.807, 2.05) is 12.1 Å². The molecule has 1 fully saturated rings. The van der Waals surface area contributed by atoms with Gasteiger partial charge in [0, 0.05) is 37.8 Å². The number of nitrogens with zero attached hydrogens (tertiary/aromatic N) is 2. The minimum atomic E-state index is -0.231. The summed E-state index contributed by atoms with van der Waals surface area (Å²) in [6, 6.07) is 12.3. The summed E-state index contributed by atoms with van der Waals surface area (Å²) in [5, 5.41) is 2.86. The van der Waals surface area contributed by atoms with Gasteiger partial charge in [-0.2, -0.15) is 0 Å². The van der Waals surface area contributed by atoms with E-state index < -0.39 is 0 Å². The first-order valence-corrected chi connectivity index (χ1v) is 9.46. The molecule has 0 atom stereocenters. The van der Waals surface area contributed by atoms with Crippen LogP contribution in [0, 0.1) is 0 Å². The van der Waals surface area contributed by atoms with Crippen LogP contribution in [0.3, 0.4) is 0 Å². The molecule has 0 unspecified atom stereocenters. The summed E-state index contributed by atoms with van der Waals surface area (Å²) in [4.78, 5) is 41.1. The Hall–Kier alpha value is -3.39. The zero-order valence-corrected chi connectivity index (χ0v) is 16.1. The van der Waals surface area contributed by atoms with Gasteiger partial charge in [-0.25, -0.2) is 4.79 Å². The molecule has 1 aromatic heterocycles. The van der Waals surface area contributed by atoms with Crippen LogP contribution in [-0.4, -0.2) is 52.6 Å². The number of carbonyl (C=O) groups excluding carboxylic acids is 2. The average Bonchev–Trinajstić information content (AvgIpc) is 3.05. The van der Waals surface area contributed by atoms with E-state index in [1.54, 1.807) is 42.3 Å². The highest BCUT2D eigenvalue weighted by molar-refractivity contribution is 5.97. The lowest BCUT2D eigenvalue weighted by Crippen LogP contribution is -2.40. The van der Waals surface area contributed by atoms with E-state index in [0.717, 1.165) is 11.1 Å². The highest BCUT2D eigenvalue weighted by Gasteiger charge is 2.18. The maximum absolute atomic E-state index is 12.5. The van der Waals surface area contributed by atoms with E-state index in [1.165, 1.54) is 4.57 Å². The number of benzene rings is 2. The van der Waals surface area contributed by atoms with Crippen LogP contribution >= 0.6 is 0 Å². The first kappa shape index (κ1) is 18.9. The van der Waals surface area contributed by atoms with Crippen molar-refractivity contribution in [2.45, 2.75) is 6.54 Å². The number of H-pyrrole nitrogens is 1. The van der Waals surface area contributed by atoms with E-state index >= 15 is 0 Å². The molecule has 2 aromatic carbocycles. The summed E-state index contributed by atoms with van der Waals surface area (Å²) >= 11 is 0. The number of aromatic nitrogens is 2. The molecule has 0 radical (unpaired) electrons. The maximum Gasteiger partial charge on any atom is 0.326 e. The molecule has 2 amide bonds. The third kappa shape index (κ3) is 3.93. The lowest BCUT2D eigenvalue weighted by Gasteiger charge is -2.26. The SMILES string of the molecule is Cn1c(=O)[nH]c2cc(C(=O)NCc3ccc(C(=O)N4CCOCC4)cc3)ccc21. The second kappa shape index (κ2) is 7.92. The summed E-state index contributed by atoms with van der Waals surface area (Å²) in [6.45, 7) is 2.69. The Bertz CT molecular complexity index is 1110. The van der Waals surface area contributed by atoms with Crippen molar-refractivity contribution in [2.75, 3.05) is 26.3 Å². The third-order valence-corrected chi connectivity index (χ3v) is 5.12. The molecule has 0 aliphatic carbocycles. The number of amides is 2. The molecule has 2 N–H and O–H groups in total. The van der Waals surface area contributed by atoms with Crippen LogP contribution in [0.4, 0.5) is 0 Å². The molecule has 2 heterocycles. The second-order valence-electron chi connectivity index (χ2n) is 7.01. The minimum absolute atomic E-state index is 0.00552. The van der Waals surface area contributed by atoms with Gasteiger partial charge in [0.25, 0.3) is 11.8 Å². The smallest absolute Gasteiger partial charge is 0.326 e. The van der Waals surface area contributed by atoms with Crippen LogP contribution in [0.25, 0.3) is 11.0 Å². The van der Waals surface area contributed by atoms with Gasteiger partial charge in [-0.3, -0.25) is 14.2 Å². The number of fused-ring (bicyclic) bond motifs is 1. The van der Waals surface area contributed by atoms with Crippen molar-refractivity contribution in [2.24, 2.45) is 7.05 Å². The van der Waals surface area contributed by atoms with Gasteiger partial charge in [-0.1, -0.05) is 12.1 Å². The molecule has 150 valence electrons. The van der Waals surface area contributed by atoms with Crippen molar-refractivity contribution < 1.29 is 14.3 Å². The van der Waals surface area contributed by atoms with Crippen LogP contribution < -0.4 is 11.0 Å². The largest absolute Gasteiger partial charge is 0.378 e. The highest BCUT2D eigenvalue weighted by Crippen LogP contribution is 2.13. The van der Waals surface area contributed by atoms with Gasteiger partial charge in [0.1, 0.15) is 0 Å². The predicted octanol–water partition coefficient (Wildman–Crippen LogP) is 1.27. The van der Waals surface area contributed by atoms with Crippen molar-refractivity contribution in [3.63, 3.8) is 0 Å². The fourth-order valence-corrected chi connectivity index (χ4v) is 3.38. The number of hydrogen-bond acceptors (Lipinski definition) is 4. The van der Waals surface area contributed by atoms with Crippen molar-refractivity contribution in [3.05, 3.63) is 69.6 Å². The Morgan fingerprint density at radius 3 is 2.48 bits per heavy atom. The Labute approximate surface area is 167 Å². The number of rotatable bonds is 4. The van der Waals surface area contributed by atoms with Crippen LogP contribution in [0.2, 0.25) is 0 Å². The number of aryl methyl sites for hydroxylation is 1. The van der Waals surface area contributed by atoms with Crippen LogP contribution in [0.5, 0.6) is 0 Å². The van der Waals surface area contributed by atoms with Crippen molar-refractivity contribution in [1.29, 1.82) is 0 Å². The Kier molecular flexibility index (Phi) is 5.18. The minimum Gasteiger partial charge on any atom is -0.378 e. The fourth-order valence-electron chi connectivity index (χ4n) is 3.38. The molecule has 1 saturated heterocycles. The van der Waals surface area contributed by atoms with Crippen molar-refractivity contribution >= 4 is 22.8 Å². The van der Waals surface area contributed by atoms with E-state index in [2.05, 4.69) is 10.3 Å². The molecule has 1 aliphatic heterocycles. The van der Waals surface area contributed by atoms with Gasteiger partial charge in [0.05, 0.1) is 24.2 Å². The van der Waals surface area contributed by atoms with Gasteiger partial charge in [-0.15, -0.1) is 0 Å². The fraction of sp³-hybridized carbons (Fsp3) is 0.286. The lowest BCUT2D eigenvalue weighted by molar-refractivity contribution is 0.0303. The maximum atomic E-state index is 12.5. The third-order valence-electron chi connectivity index (χ3n) is 5.12. The Morgan fingerprint density at radius 1 is 1.07 bits per heavy atom. The summed E-state index contributed by atoms with van der Waals surface area (Å²) < 4.78 is 6.77. The van der Waals surface area contributed by atoms with Gasteiger partial charge < -0.3 is 19.9 Å². The zero-order valence-electron chi connectivity index (χ0n) is 16.1. The van der Waals surface area contributed by atoms with Crippen molar-refractivity contribution in [3.8, 4) is 0 Å². The van der Waals surface area contributed by atoms with E-state index in [0.29, 0.717) is 49.5 Å². The summed E-state index contributed by atoms with van der Waals surface area (Å²) in [7, 11) is 1.67. The number of hydrogen-bond donors (Lipinski definition) is 2. The zero-order chi connectivity index (χ0) is 20.4. The second-order valence-corrected chi connectivity index (χ2v) is 7.01. The molecular formula is C21H22N4O4. The van der Waals surface area contributed by atoms with Crippen LogP contribution in [0.15, 0.2) is 47.3 Å². The molecule has 0 bridgehead atoms. The molecule has 29 heavy (non-hydrogen) atoms. The van der Waals surface area contributed by atoms with Gasteiger partial charge in [0.2, 0.25) is 0 Å². The molecule has 8 nitrogen and oxygen atoms in total. The first-order chi connectivity index (χ1) is 14.0. The topological polar surface area (TPSA) is 96.4 Å². The van der Waals surface area contributed by atoms with Gasteiger partial charge >= 0.3 is 5.69 Å². The lowest BCUT2D eigenvalue weighted by atomic mass is 10.1. The molecule has 0 saturated carbocycles. The number of imidazole rings is 1. The van der Waals surface area contributed by atoms with Gasteiger partial charge in [0.15, 0.2) is 0 Å². The van der Waals surface area contributed by atoms with Gasteiger partial charge in [-0.05, 0) is 35.9 Å². The molecular weight excluding hydrogens is 372 g/mol. The molecule has 8 heteroatoms. The monoisotopic (exact) mass is 394 g/mol. The van der Waals surface area contributed by atoms with Crippen molar-refractivity contribution in [1.82, 2.24) is 19.8 Å². The molecule has 1 aliphatic rings. The molecule has 3 aromatic rings. The number of ether oxygens (including phenoxy) is 1. The quantitative estimate of drug-likeness (QED) is 0.697. The summed E-state index contributed by atoms with van der Waals surface area (Å²) in [5.41, 5.74) is 3.14. The highest BCUT2D eigenvalue weighted by atomic mass is 16.5. The van der Waals surface area contributed by atoms with Crippen LogP contribution in [-0.2, 0) is 18.3 Å². The normalized spacial score (nSPS) is 14.2. The predicted molar refractivity (Wildman–Crippen MR) is 108 cm³/mol.